The van der Waals surface area contributed by atoms with Gasteiger partial charge in [0.1, 0.15) is 0 Å². The molecule has 1 aromatic rings. The summed E-state index contributed by atoms with van der Waals surface area (Å²) in [5, 5.41) is 6.43. The monoisotopic (exact) mass is 271 g/mol. The first-order valence-electron chi connectivity index (χ1n) is 6.22. The van der Waals surface area contributed by atoms with Crippen molar-refractivity contribution in [3.05, 3.63) is 16.6 Å². The van der Waals surface area contributed by atoms with Crippen LogP contribution in [0.3, 0.4) is 0 Å². The van der Waals surface area contributed by atoms with Gasteiger partial charge < -0.3 is 5.32 Å². The zero-order valence-electron chi connectivity index (χ0n) is 10.4. The first kappa shape index (κ1) is 13.3. The standard InChI is InChI=1S/C12H21N3S2/c1-15(8-11-9-16-10-14-11)6-7-17-12-2-4-13-5-3-12/h9-10,12-13H,2-8H2,1H3. The average molecular weight is 271 g/mol. The van der Waals surface area contributed by atoms with Gasteiger partial charge in [-0.1, -0.05) is 0 Å². The van der Waals surface area contributed by atoms with Crippen LogP contribution in [0.2, 0.25) is 0 Å². The van der Waals surface area contributed by atoms with E-state index in [1.807, 2.05) is 5.51 Å². The molecule has 0 aliphatic carbocycles. The van der Waals surface area contributed by atoms with Gasteiger partial charge in [0, 0.05) is 29.5 Å². The van der Waals surface area contributed by atoms with Crippen LogP contribution in [0.1, 0.15) is 18.5 Å². The second-order valence-electron chi connectivity index (χ2n) is 4.54. The molecule has 1 saturated heterocycles. The van der Waals surface area contributed by atoms with Gasteiger partial charge in [0.25, 0.3) is 0 Å². The quantitative estimate of drug-likeness (QED) is 0.857. The molecule has 3 nitrogen and oxygen atoms in total. The zero-order valence-corrected chi connectivity index (χ0v) is 12.0. The van der Waals surface area contributed by atoms with Gasteiger partial charge in [0.05, 0.1) is 11.2 Å². The Hall–Kier alpha value is -0.100. The second kappa shape index (κ2) is 7.36. The molecule has 0 atom stereocenters. The third-order valence-electron chi connectivity index (χ3n) is 3.03. The van der Waals surface area contributed by atoms with Crippen molar-refractivity contribution in [1.29, 1.82) is 0 Å². The summed E-state index contributed by atoms with van der Waals surface area (Å²) in [4.78, 5) is 6.68. The van der Waals surface area contributed by atoms with Crippen molar-refractivity contribution >= 4 is 23.1 Å². The lowest BCUT2D eigenvalue weighted by molar-refractivity contribution is 0.344. The molecular formula is C12H21N3S2. The van der Waals surface area contributed by atoms with E-state index in [0.717, 1.165) is 18.3 Å². The molecule has 0 saturated carbocycles. The van der Waals surface area contributed by atoms with Crippen LogP contribution in [0.5, 0.6) is 0 Å². The molecular weight excluding hydrogens is 250 g/mol. The van der Waals surface area contributed by atoms with Crippen molar-refractivity contribution in [3.63, 3.8) is 0 Å². The normalized spacial score (nSPS) is 17.8. The Bertz CT molecular complexity index is 297. The summed E-state index contributed by atoms with van der Waals surface area (Å²) in [5.74, 6) is 1.24. The fourth-order valence-electron chi connectivity index (χ4n) is 2.01. The molecule has 1 fully saturated rings. The van der Waals surface area contributed by atoms with Crippen molar-refractivity contribution in [2.45, 2.75) is 24.6 Å². The van der Waals surface area contributed by atoms with E-state index in [0.29, 0.717) is 0 Å². The Labute approximate surface area is 112 Å². The third kappa shape index (κ3) is 4.95. The predicted octanol–water partition coefficient (Wildman–Crippen LogP) is 2.06. The highest BCUT2D eigenvalue weighted by atomic mass is 32.2. The summed E-state index contributed by atoms with van der Waals surface area (Å²) < 4.78 is 0. The highest BCUT2D eigenvalue weighted by Crippen LogP contribution is 2.20. The highest BCUT2D eigenvalue weighted by molar-refractivity contribution is 7.99. The number of nitrogens with one attached hydrogen (secondary N) is 1. The second-order valence-corrected chi connectivity index (χ2v) is 6.66. The lowest BCUT2D eigenvalue weighted by Crippen LogP contribution is -2.30. The minimum Gasteiger partial charge on any atom is -0.317 e. The van der Waals surface area contributed by atoms with Crippen molar-refractivity contribution in [3.8, 4) is 0 Å². The third-order valence-corrected chi connectivity index (χ3v) is 5.02. The molecule has 0 unspecified atom stereocenters. The first-order valence-corrected chi connectivity index (χ1v) is 8.21. The van der Waals surface area contributed by atoms with E-state index in [4.69, 9.17) is 0 Å². The van der Waals surface area contributed by atoms with Gasteiger partial charge in [-0.15, -0.1) is 11.3 Å². The van der Waals surface area contributed by atoms with Crippen LogP contribution < -0.4 is 5.32 Å². The molecule has 1 aromatic heterocycles. The molecule has 2 heterocycles. The van der Waals surface area contributed by atoms with Crippen LogP contribution in [0.25, 0.3) is 0 Å². The van der Waals surface area contributed by atoms with E-state index < -0.39 is 0 Å². The Morgan fingerprint density at radius 1 is 1.53 bits per heavy atom. The number of hydrogen-bond acceptors (Lipinski definition) is 5. The van der Waals surface area contributed by atoms with Crippen LogP contribution in [-0.2, 0) is 6.54 Å². The van der Waals surface area contributed by atoms with E-state index in [-0.39, 0.29) is 0 Å². The number of thiazole rings is 1. The van der Waals surface area contributed by atoms with E-state index in [1.54, 1.807) is 11.3 Å². The topological polar surface area (TPSA) is 28.2 Å². The number of piperidine rings is 1. The SMILES string of the molecule is CN(CCSC1CCNCC1)Cc1cscn1. The van der Waals surface area contributed by atoms with Crippen LogP contribution in [-0.4, -0.2) is 47.6 Å². The van der Waals surface area contributed by atoms with E-state index >= 15 is 0 Å². The smallest absolute Gasteiger partial charge is 0.0795 e. The minimum atomic E-state index is 0.879. The van der Waals surface area contributed by atoms with Crippen molar-refractivity contribution in [2.24, 2.45) is 0 Å². The van der Waals surface area contributed by atoms with Crippen LogP contribution in [0.4, 0.5) is 0 Å². The van der Waals surface area contributed by atoms with Crippen molar-refractivity contribution in [2.75, 3.05) is 32.4 Å². The highest BCUT2D eigenvalue weighted by Gasteiger charge is 2.13. The zero-order chi connectivity index (χ0) is 11.9. The Balaban J connectivity index is 1.58. The molecule has 5 heteroatoms. The van der Waals surface area contributed by atoms with Gasteiger partial charge in [-0.3, -0.25) is 4.90 Å². The minimum absolute atomic E-state index is 0.879. The maximum absolute atomic E-state index is 4.32. The van der Waals surface area contributed by atoms with Gasteiger partial charge in [-0.05, 0) is 33.0 Å². The van der Waals surface area contributed by atoms with Crippen LogP contribution in [0.15, 0.2) is 10.9 Å². The maximum atomic E-state index is 4.32. The summed E-state index contributed by atoms with van der Waals surface area (Å²) in [6, 6.07) is 0. The van der Waals surface area contributed by atoms with Gasteiger partial charge in [-0.25, -0.2) is 4.98 Å². The number of aromatic nitrogens is 1. The molecule has 0 radical (unpaired) electrons. The molecule has 1 aliphatic heterocycles. The fourth-order valence-corrected chi connectivity index (χ4v) is 3.88. The summed E-state index contributed by atoms with van der Waals surface area (Å²) in [5.41, 5.74) is 3.11. The van der Waals surface area contributed by atoms with Gasteiger partial charge >= 0.3 is 0 Å². The largest absolute Gasteiger partial charge is 0.317 e. The lowest BCUT2D eigenvalue weighted by atomic mass is 10.2. The van der Waals surface area contributed by atoms with Gasteiger partial charge in [0.15, 0.2) is 0 Å². The van der Waals surface area contributed by atoms with Crippen LogP contribution >= 0.6 is 23.1 Å². The van der Waals surface area contributed by atoms with E-state index in [2.05, 4.69) is 39.4 Å². The molecule has 96 valence electrons. The molecule has 0 bridgehead atoms. The Morgan fingerprint density at radius 3 is 3.06 bits per heavy atom. The van der Waals surface area contributed by atoms with Gasteiger partial charge in [0.2, 0.25) is 0 Å². The first-order chi connectivity index (χ1) is 8.34. The molecule has 0 amide bonds. The predicted molar refractivity (Wildman–Crippen MR) is 76.8 cm³/mol. The summed E-state index contributed by atoms with van der Waals surface area (Å²) in [7, 11) is 2.18. The van der Waals surface area contributed by atoms with Crippen LogP contribution in [0, 0.1) is 0 Å². The fraction of sp³-hybridized carbons (Fsp3) is 0.750. The lowest BCUT2D eigenvalue weighted by Gasteiger charge is -2.23. The van der Waals surface area contributed by atoms with E-state index in [1.165, 1.54) is 37.4 Å². The maximum Gasteiger partial charge on any atom is 0.0795 e. The Kier molecular flexibility index (Phi) is 5.77. The van der Waals surface area contributed by atoms with E-state index in [9.17, 15) is 0 Å². The number of hydrogen-bond donors (Lipinski definition) is 1. The Morgan fingerprint density at radius 2 is 2.35 bits per heavy atom. The number of nitrogens with zero attached hydrogens (tertiary/aromatic N) is 2. The summed E-state index contributed by atoms with van der Waals surface area (Å²) in [6.07, 6.45) is 2.67. The molecule has 1 N–H and O–H groups in total. The molecule has 1 aliphatic rings. The number of rotatable bonds is 6. The van der Waals surface area contributed by atoms with Crippen molar-refractivity contribution < 1.29 is 0 Å². The molecule has 0 spiro atoms. The molecule has 2 rings (SSSR count). The summed E-state index contributed by atoms with van der Waals surface area (Å²) in [6.45, 7) is 4.54. The van der Waals surface area contributed by atoms with Gasteiger partial charge in [-0.2, -0.15) is 11.8 Å². The average Bonchev–Trinajstić information content (AvgIpc) is 2.83. The van der Waals surface area contributed by atoms with Crippen molar-refractivity contribution in [1.82, 2.24) is 15.2 Å². The molecule has 0 aromatic carbocycles. The summed E-state index contributed by atoms with van der Waals surface area (Å²) >= 11 is 3.82. The number of thioether (sulfide) groups is 1. The molecule has 17 heavy (non-hydrogen) atoms.